The van der Waals surface area contributed by atoms with E-state index < -0.39 is 0 Å². The summed E-state index contributed by atoms with van der Waals surface area (Å²) in [6.07, 6.45) is 0. The Labute approximate surface area is 143 Å². The van der Waals surface area contributed by atoms with E-state index in [2.05, 4.69) is 0 Å². The first-order valence-electron chi connectivity index (χ1n) is 7.69. The van der Waals surface area contributed by atoms with Gasteiger partial charge in [-0.25, -0.2) is 0 Å². The predicted molar refractivity (Wildman–Crippen MR) is 91.9 cm³/mol. The van der Waals surface area contributed by atoms with Crippen molar-refractivity contribution in [2.75, 3.05) is 21.3 Å². The molecule has 1 aromatic heterocycles. The first-order chi connectivity index (χ1) is 12.2. The average Bonchev–Trinajstić information content (AvgIpc) is 2.66. The van der Waals surface area contributed by atoms with Crippen LogP contribution in [0.5, 0.6) is 23.0 Å². The van der Waals surface area contributed by atoms with Gasteiger partial charge in [-0.3, -0.25) is 4.79 Å². The highest BCUT2D eigenvalue weighted by Gasteiger charge is 2.28. The van der Waals surface area contributed by atoms with Gasteiger partial charge in [-0.1, -0.05) is 0 Å². The highest BCUT2D eigenvalue weighted by Crippen LogP contribution is 2.44. The minimum atomic E-state index is -0.209. The Morgan fingerprint density at radius 3 is 2.56 bits per heavy atom. The summed E-state index contributed by atoms with van der Waals surface area (Å²) in [6.45, 7) is 0.204. The van der Waals surface area contributed by atoms with Gasteiger partial charge in [0.25, 0.3) is 0 Å². The summed E-state index contributed by atoms with van der Waals surface area (Å²) < 4.78 is 27.7. The van der Waals surface area contributed by atoms with Gasteiger partial charge in [0.05, 0.1) is 26.7 Å². The molecule has 1 aliphatic heterocycles. The van der Waals surface area contributed by atoms with Crippen molar-refractivity contribution in [2.45, 2.75) is 6.61 Å². The number of rotatable bonds is 3. The zero-order chi connectivity index (χ0) is 17.6. The molecular formula is C19H16O6. The van der Waals surface area contributed by atoms with Crippen molar-refractivity contribution >= 4 is 11.0 Å². The fraction of sp³-hybridized carbons (Fsp3) is 0.211. The van der Waals surface area contributed by atoms with E-state index in [0.29, 0.717) is 34.0 Å². The fourth-order valence-corrected chi connectivity index (χ4v) is 3.08. The van der Waals surface area contributed by atoms with Crippen molar-refractivity contribution in [1.29, 1.82) is 0 Å². The van der Waals surface area contributed by atoms with Gasteiger partial charge in [-0.15, -0.1) is 0 Å². The van der Waals surface area contributed by atoms with Crippen molar-refractivity contribution < 1.29 is 23.4 Å². The summed E-state index contributed by atoms with van der Waals surface area (Å²) >= 11 is 0. The van der Waals surface area contributed by atoms with Crippen molar-refractivity contribution in [2.24, 2.45) is 0 Å². The molecule has 0 saturated carbocycles. The molecule has 0 atom stereocenters. The molecule has 0 saturated heterocycles. The number of hydrogen-bond acceptors (Lipinski definition) is 6. The first kappa shape index (κ1) is 15.4. The number of fused-ring (bicyclic) bond motifs is 4. The second kappa shape index (κ2) is 5.73. The van der Waals surface area contributed by atoms with Gasteiger partial charge in [0.15, 0.2) is 17.3 Å². The normalized spacial score (nSPS) is 12.1. The molecule has 6 heteroatoms. The minimum absolute atomic E-state index is 0.204. The van der Waals surface area contributed by atoms with Crippen molar-refractivity contribution in [3.8, 4) is 34.3 Å². The lowest BCUT2D eigenvalue weighted by atomic mass is 10.00. The summed E-state index contributed by atoms with van der Waals surface area (Å²) in [7, 11) is 4.70. The second-order valence-electron chi connectivity index (χ2n) is 5.57. The predicted octanol–water partition coefficient (Wildman–Crippen LogP) is 3.38. The van der Waals surface area contributed by atoms with Crippen LogP contribution in [0.1, 0.15) is 5.56 Å². The SMILES string of the molecule is COc1ccc2c(=O)c3c(oc2c1)-c1ccc(OC)c(OC)c1CO3. The fourth-order valence-electron chi connectivity index (χ4n) is 3.08. The number of hydrogen-bond donors (Lipinski definition) is 0. The van der Waals surface area contributed by atoms with E-state index in [1.165, 1.54) is 0 Å². The molecule has 0 amide bonds. The maximum absolute atomic E-state index is 12.8. The summed E-state index contributed by atoms with van der Waals surface area (Å²) in [4.78, 5) is 12.8. The molecule has 0 aliphatic carbocycles. The van der Waals surface area contributed by atoms with E-state index >= 15 is 0 Å². The van der Waals surface area contributed by atoms with E-state index in [0.717, 1.165) is 11.1 Å². The van der Waals surface area contributed by atoms with E-state index in [9.17, 15) is 4.79 Å². The van der Waals surface area contributed by atoms with Crippen LogP contribution < -0.4 is 24.4 Å². The van der Waals surface area contributed by atoms with Crippen LogP contribution in [-0.2, 0) is 6.61 Å². The van der Waals surface area contributed by atoms with Crippen LogP contribution in [0.15, 0.2) is 39.5 Å². The Morgan fingerprint density at radius 1 is 1.00 bits per heavy atom. The van der Waals surface area contributed by atoms with Crippen LogP contribution in [0.25, 0.3) is 22.3 Å². The molecule has 0 radical (unpaired) electrons. The Morgan fingerprint density at radius 2 is 1.84 bits per heavy atom. The third-order valence-corrected chi connectivity index (χ3v) is 4.31. The monoisotopic (exact) mass is 340 g/mol. The van der Waals surface area contributed by atoms with Crippen LogP contribution in [-0.4, -0.2) is 21.3 Å². The lowest BCUT2D eigenvalue weighted by Gasteiger charge is -2.22. The van der Waals surface area contributed by atoms with Crippen molar-refractivity contribution in [3.63, 3.8) is 0 Å². The topological polar surface area (TPSA) is 67.1 Å². The number of ether oxygens (including phenoxy) is 4. The lowest BCUT2D eigenvalue weighted by molar-refractivity contribution is 0.277. The third kappa shape index (κ3) is 2.21. The molecule has 0 spiro atoms. The zero-order valence-electron chi connectivity index (χ0n) is 14.0. The molecular weight excluding hydrogens is 324 g/mol. The molecule has 2 heterocycles. The van der Waals surface area contributed by atoms with E-state index in [4.69, 9.17) is 23.4 Å². The van der Waals surface area contributed by atoms with Crippen LogP contribution >= 0.6 is 0 Å². The van der Waals surface area contributed by atoms with Gasteiger partial charge >= 0.3 is 0 Å². The highest BCUT2D eigenvalue weighted by molar-refractivity contribution is 5.85. The molecule has 2 aromatic carbocycles. The second-order valence-corrected chi connectivity index (χ2v) is 5.57. The molecule has 4 rings (SSSR count). The Bertz CT molecular complexity index is 1030. The average molecular weight is 340 g/mol. The Hall–Kier alpha value is -3.15. The van der Waals surface area contributed by atoms with Crippen LogP contribution in [0.2, 0.25) is 0 Å². The quantitative estimate of drug-likeness (QED) is 0.728. The summed E-state index contributed by atoms with van der Waals surface area (Å²) in [5.74, 6) is 2.36. The van der Waals surface area contributed by atoms with Crippen LogP contribution in [0, 0.1) is 0 Å². The smallest absolute Gasteiger partial charge is 0.235 e. The summed E-state index contributed by atoms with van der Waals surface area (Å²) in [6, 6.07) is 8.70. The van der Waals surface area contributed by atoms with Gasteiger partial charge in [-0.2, -0.15) is 0 Å². The molecule has 0 unspecified atom stereocenters. The van der Waals surface area contributed by atoms with Gasteiger partial charge in [0, 0.05) is 17.2 Å². The maximum atomic E-state index is 12.8. The molecule has 25 heavy (non-hydrogen) atoms. The molecule has 6 nitrogen and oxygen atoms in total. The van der Waals surface area contributed by atoms with Gasteiger partial charge in [0.1, 0.15) is 17.9 Å². The van der Waals surface area contributed by atoms with Crippen molar-refractivity contribution in [1.82, 2.24) is 0 Å². The van der Waals surface area contributed by atoms with Crippen molar-refractivity contribution in [3.05, 3.63) is 46.1 Å². The molecule has 0 N–H and O–H groups in total. The van der Waals surface area contributed by atoms with E-state index in [-0.39, 0.29) is 17.8 Å². The zero-order valence-corrected chi connectivity index (χ0v) is 14.0. The van der Waals surface area contributed by atoms with Gasteiger partial charge in [-0.05, 0) is 24.3 Å². The molecule has 0 fully saturated rings. The Kier molecular flexibility index (Phi) is 3.53. The van der Waals surface area contributed by atoms with E-state index in [1.54, 1.807) is 45.6 Å². The lowest BCUT2D eigenvalue weighted by Crippen LogP contribution is -2.15. The van der Waals surface area contributed by atoms with Crippen LogP contribution in [0.4, 0.5) is 0 Å². The van der Waals surface area contributed by atoms with Crippen LogP contribution in [0.3, 0.4) is 0 Å². The highest BCUT2D eigenvalue weighted by atomic mass is 16.5. The van der Waals surface area contributed by atoms with Gasteiger partial charge in [0.2, 0.25) is 11.2 Å². The molecule has 3 aromatic rings. The van der Waals surface area contributed by atoms with Gasteiger partial charge < -0.3 is 23.4 Å². The third-order valence-electron chi connectivity index (χ3n) is 4.31. The summed E-state index contributed by atoms with van der Waals surface area (Å²) in [5.41, 5.74) is 1.76. The number of benzene rings is 2. The number of methoxy groups -OCH3 is 3. The van der Waals surface area contributed by atoms with E-state index in [1.807, 2.05) is 6.07 Å². The Balaban J connectivity index is 2.03. The first-order valence-corrected chi connectivity index (χ1v) is 7.69. The standard InChI is InChI=1S/C19H16O6/c1-21-10-4-5-12-15(8-10)25-18-11-6-7-14(22-2)17(23-3)13(11)9-24-19(18)16(12)20/h4-8H,9H2,1-3H3. The minimum Gasteiger partial charge on any atom is -0.497 e. The molecule has 0 bridgehead atoms. The molecule has 128 valence electrons. The molecule has 1 aliphatic rings. The maximum Gasteiger partial charge on any atom is 0.235 e. The summed E-state index contributed by atoms with van der Waals surface area (Å²) in [5, 5.41) is 0.448. The largest absolute Gasteiger partial charge is 0.497 e.